The van der Waals surface area contributed by atoms with E-state index in [0.717, 1.165) is 6.42 Å². The molecule has 1 heterocycles. The molecule has 1 aliphatic heterocycles. The molecule has 0 radical (unpaired) electrons. The highest BCUT2D eigenvalue weighted by atomic mass is 16.7. The third kappa shape index (κ3) is 11.1. The molecule has 4 N–H and O–H groups in total. The van der Waals surface area contributed by atoms with Crippen molar-refractivity contribution in [3.8, 4) is 5.75 Å². The van der Waals surface area contributed by atoms with Gasteiger partial charge in [-0.05, 0) is 37.5 Å². The Morgan fingerprint density at radius 2 is 1.51 bits per heavy atom. The van der Waals surface area contributed by atoms with E-state index in [9.17, 15) is 24.3 Å². The van der Waals surface area contributed by atoms with E-state index in [2.05, 4.69) is 0 Å². The minimum absolute atomic E-state index is 0.0401. The summed E-state index contributed by atoms with van der Waals surface area (Å²) in [5, 5.41) is 17.3. The van der Waals surface area contributed by atoms with E-state index < -0.39 is 42.4 Å². The second-order valence-electron chi connectivity index (χ2n) is 7.88. The number of carboxylic acid groups (broad SMARTS) is 2. The molecule has 0 aliphatic carbocycles. The molecule has 0 saturated carbocycles. The Balaban J connectivity index is 0.000000905. The summed E-state index contributed by atoms with van der Waals surface area (Å²) >= 11 is 0. The number of carbonyl (C=O) groups is 4. The van der Waals surface area contributed by atoms with Gasteiger partial charge in [-0.3, -0.25) is 14.4 Å². The average molecular weight is 498 g/mol. The summed E-state index contributed by atoms with van der Waals surface area (Å²) < 4.78 is 22.1. The normalized spacial score (nSPS) is 19.0. The van der Waals surface area contributed by atoms with Crippen molar-refractivity contribution in [2.24, 2.45) is 0 Å². The number of hydrogen-bond donors (Lipinski definition) is 3. The van der Waals surface area contributed by atoms with Gasteiger partial charge in [0.2, 0.25) is 6.29 Å². The lowest BCUT2D eigenvalue weighted by Gasteiger charge is -2.35. The number of rotatable bonds is 11. The lowest BCUT2D eigenvalue weighted by molar-refractivity contribution is -0.212. The van der Waals surface area contributed by atoms with Crippen molar-refractivity contribution in [2.75, 3.05) is 12.3 Å². The number of carboxylic acids is 2. The fraction of sp³-hybridized carbons (Fsp3) is 0.583. The highest BCUT2D eigenvalue weighted by Gasteiger charge is 2.38. The first-order valence-electron chi connectivity index (χ1n) is 11.6. The summed E-state index contributed by atoms with van der Waals surface area (Å²) in [6.07, 6.45) is 0.466. The monoisotopic (exact) mass is 497 g/mol. The van der Waals surface area contributed by atoms with Crippen LogP contribution < -0.4 is 10.5 Å². The van der Waals surface area contributed by atoms with E-state index in [-0.39, 0.29) is 42.9 Å². The van der Waals surface area contributed by atoms with Crippen molar-refractivity contribution >= 4 is 29.6 Å². The Labute approximate surface area is 204 Å². The molecular weight excluding hydrogens is 462 g/mol. The molecule has 0 amide bonds. The average Bonchev–Trinajstić information content (AvgIpc) is 2.77. The molecule has 2 rings (SSSR count). The van der Waals surface area contributed by atoms with Gasteiger partial charge in [0.25, 0.3) is 0 Å². The molecule has 11 nitrogen and oxygen atoms in total. The number of nitrogen functional groups attached to an aromatic ring is 1. The van der Waals surface area contributed by atoms with Gasteiger partial charge in [-0.15, -0.1) is 0 Å². The van der Waals surface area contributed by atoms with E-state index >= 15 is 0 Å². The maximum absolute atomic E-state index is 12.0. The first kappa shape index (κ1) is 29.7. The molecule has 1 aliphatic rings. The van der Waals surface area contributed by atoms with Crippen LogP contribution in [-0.2, 0) is 28.6 Å². The largest absolute Gasteiger partial charge is 0.481 e. The molecule has 35 heavy (non-hydrogen) atoms. The smallest absolute Gasteiger partial charge is 0.339 e. The van der Waals surface area contributed by atoms with Gasteiger partial charge in [-0.25, -0.2) is 4.79 Å². The highest BCUT2D eigenvalue weighted by molar-refractivity contribution is 5.92. The van der Waals surface area contributed by atoms with E-state index in [4.69, 9.17) is 29.8 Å². The third-order valence-electron chi connectivity index (χ3n) is 4.72. The van der Waals surface area contributed by atoms with E-state index in [1.165, 1.54) is 18.2 Å². The SMILES string of the molecule is CCCC(=O)O.CCCC(=O)OC1C[C@@H](Oc2ccc(N)cc2C(=O)O)OC[C@H]1OC(=O)CCC. The minimum Gasteiger partial charge on any atom is -0.481 e. The summed E-state index contributed by atoms with van der Waals surface area (Å²) in [7, 11) is 0. The summed E-state index contributed by atoms with van der Waals surface area (Å²) in [5.74, 6) is -2.63. The number of aliphatic carboxylic acids is 1. The molecule has 1 fully saturated rings. The van der Waals surface area contributed by atoms with Crippen molar-refractivity contribution in [3.05, 3.63) is 23.8 Å². The number of benzene rings is 1. The third-order valence-corrected chi connectivity index (χ3v) is 4.72. The highest BCUT2D eigenvalue weighted by Crippen LogP contribution is 2.27. The molecule has 1 aromatic carbocycles. The summed E-state index contributed by atoms with van der Waals surface area (Å²) in [6.45, 7) is 5.51. The fourth-order valence-electron chi connectivity index (χ4n) is 3.07. The second kappa shape index (κ2) is 15.5. The molecule has 196 valence electrons. The maximum Gasteiger partial charge on any atom is 0.339 e. The topological polar surface area (TPSA) is 172 Å². The number of aromatic carboxylic acids is 1. The van der Waals surface area contributed by atoms with Gasteiger partial charge >= 0.3 is 23.9 Å². The molecular formula is C24H35NO10. The van der Waals surface area contributed by atoms with Crippen molar-refractivity contribution in [2.45, 2.75) is 84.2 Å². The zero-order valence-electron chi connectivity index (χ0n) is 20.4. The van der Waals surface area contributed by atoms with Gasteiger partial charge in [-0.2, -0.15) is 0 Å². The number of hydrogen-bond acceptors (Lipinski definition) is 9. The summed E-state index contributed by atoms with van der Waals surface area (Å²) in [6, 6.07) is 4.24. The Bertz CT molecular complexity index is 857. The summed E-state index contributed by atoms with van der Waals surface area (Å²) in [4.78, 5) is 44.9. The van der Waals surface area contributed by atoms with Crippen molar-refractivity contribution < 1.29 is 48.3 Å². The zero-order valence-corrected chi connectivity index (χ0v) is 20.4. The van der Waals surface area contributed by atoms with Crippen LogP contribution in [0.15, 0.2) is 18.2 Å². The van der Waals surface area contributed by atoms with Gasteiger partial charge in [0.1, 0.15) is 17.4 Å². The molecule has 1 unspecified atom stereocenters. The van der Waals surface area contributed by atoms with Gasteiger partial charge < -0.3 is 34.9 Å². The van der Waals surface area contributed by atoms with Crippen LogP contribution >= 0.6 is 0 Å². The van der Waals surface area contributed by atoms with Crippen molar-refractivity contribution in [3.63, 3.8) is 0 Å². The maximum atomic E-state index is 12.0. The Hall–Kier alpha value is -3.34. The molecule has 1 aromatic rings. The zero-order chi connectivity index (χ0) is 26.4. The van der Waals surface area contributed by atoms with Gasteiger partial charge in [-0.1, -0.05) is 20.8 Å². The van der Waals surface area contributed by atoms with Crippen LogP contribution in [0.4, 0.5) is 5.69 Å². The van der Waals surface area contributed by atoms with Crippen LogP contribution in [-0.4, -0.2) is 59.2 Å². The number of anilines is 1. The Morgan fingerprint density at radius 3 is 2.00 bits per heavy atom. The fourth-order valence-corrected chi connectivity index (χ4v) is 3.07. The summed E-state index contributed by atoms with van der Waals surface area (Å²) in [5.41, 5.74) is 5.82. The van der Waals surface area contributed by atoms with Crippen LogP contribution in [0.25, 0.3) is 0 Å². The van der Waals surface area contributed by atoms with Crippen molar-refractivity contribution in [1.29, 1.82) is 0 Å². The quantitative estimate of drug-likeness (QED) is 0.302. The van der Waals surface area contributed by atoms with Gasteiger partial charge in [0, 0.05) is 24.9 Å². The Morgan fingerprint density at radius 1 is 0.943 bits per heavy atom. The molecule has 1 saturated heterocycles. The molecule has 0 spiro atoms. The lowest BCUT2D eigenvalue weighted by atomic mass is 10.1. The van der Waals surface area contributed by atoms with E-state index in [1.807, 2.05) is 20.8 Å². The van der Waals surface area contributed by atoms with Crippen LogP contribution in [0, 0.1) is 0 Å². The van der Waals surface area contributed by atoms with Crippen LogP contribution in [0.5, 0.6) is 5.75 Å². The molecule has 3 atom stereocenters. The standard InChI is InChI=1S/C20H27NO8.C4H8O2/c1-3-5-17(22)27-15-10-19(26-11-16(15)28-18(23)6-4-2)29-14-8-7-12(21)9-13(14)20(24)25;1-2-3-4(5)6/h7-9,15-16,19H,3-6,10-11,21H2,1-2H3,(H,24,25);2-3H2,1H3,(H,5,6)/t15?,16-,19-;/m1./s1. The first-order chi connectivity index (χ1) is 16.6. The van der Waals surface area contributed by atoms with Crippen molar-refractivity contribution in [1.82, 2.24) is 0 Å². The minimum atomic E-state index is -1.19. The Kier molecular flexibility index (Phi) is 13.2. The van der Waals surface area contributed by atoms with E-state index in [1.54, 1.807) is 0 Å². The van der Waals surface area contributed by atoms with Crippen LogP contribution in [0.2, 0.25) is 0 Å². The number of ether oxygens (including phenoxy) is 4. The van der Waals surface area contributed by atoms with Crippen LogP contribution in [0.3, 0.4) is 0 Å². The van der Waals surface area contributed by atoms with Gasteiger partial charge in [0.05, 0.1) is 13.0 Å². The number of carbonyl (C=O) groups excluding carboxylic acids is 2. The molecule has 11 heteroatoms. The van der Waals surface area contributed by atoms with E-state index in [0.29, 0.717) is 19.3 Å². The second-order valence-corrected chi connectivity index (χ2v) is 7.88. The number of nitrogens with two attached hydrogens (primary N) is 1. The molecule has 0 aromatic heterocycles. The first-order valence-corrected chi connectivity index (χ1v) is 11.6. The van der Waals surface area contributed by atoms with Gasteiger partial charge in [0.15, 0.2) is 6.10 Å². The van der Waals surface area contributed by atoms with Crippen LogP contribution in [0.1, 0.15) is 76.1 Å². The number of esters is 2. The predicted octanol–water partition coefficient (Wildman–Crippen LogP) is 3.39. The lowest BCUT2D eigenvalue weighted by Crippen LogP contribution is -2.47. The molecule has 0 bridgehead atoms. The predicted molar refractivity (Wildman–Crippen MR) is 125 cm³/mol.